The zero-order valence-electron chi connectivity index (χ0n) is 12.4. The summed E-state index contributed by atoms with van der Waals surface area (Å²) in [6, 6.07) is 2.92. The van der Waals surface area contributed by atoms with Crippen LogP contribution >= 0.6 is 22.9 Å². The number of rotatable bonds is 5. The van der Waals surface area contributed by atoms with Crippen molar-refractivity contribution in [3.63, 3.8) is 0 Å². The van der Waals surface area contributed by atoms with E-state index in [9.17, 15) is 31.5 Å². The van der Waals surface area contributed by atoms with Crippen LogP contribution < -0.4 is 10.9 Å². The minimum atomic E-state index is -3.87. The van der Waals surface area contributed by atoms with Crippen LogP contribution in [0.5, 0.6) is 0 Å². The van der Waals surface area contributed by atoms with E-state index in [-0.39, 0.29) is 21.9 Å². The van der Waals surface area contributed by atoms with Gasteiger partial charge in [-0.15, -0.1) is 11.3 Å². The molecular formula is C14H7ClF5N3O2S. The normalized spacial score (nSPS) is 11.5. The number of aromatic nitrogens is 1. The zero-order chi connectivity index (χ0) is 19.6. The number of amides is 1. The van der Waals surface area contributed by atoms with E-state index in [2.05, 4.69) is 5.32 Å². The highest BCUT2D eigenvalue weighted by atomic mass is 35.5. The number of halogens is 6. The summed E-state index contributed by atoms with van der Waals surface area (Å²) in [5.74, 6) is -2.40. The van der Waals surface area contributed by atoms with Crippen LogP contribution in [0.4, 0.5) is 27.6 Å². The smallest absolute Gasteiger partial charge is 0.320 e. The van der Waals surface area contributed by atoms with Gasteiger partial charge < -0.3 is 9.88 Å². The molecule has 12 heteroatoms. The SMILES string of the molecule is N#Cc1cc(C(=O)Nc2cc(F)c(=O)n(CC(F)F)c2)sc1C(F)(F)Cl. The van der Waals surface area contributed by atoms with Gasteiger partial charge in [0.25, 0.3) is 17.9 Å². The van der Waals surface area contributed by atoms with Gasteiger partial charge in [-0.1, -0.05) is 0 Å². The van der Waals surface area contributed by atoms with Gasteiger partial charge in [0.15, 0.2) is 5.82 Å². The first kappa shape index (κ1) is 19.9. The summed E-state index contributed by atoms with van der Waals surface area (Å²) in [7, 11) is 0. The lowest BCUT2D eigenvalue weighted by Crippen LogP contribution is -2.26. The van der Waals surface area contributed by atoms with Crippen molar-refractivity contribution in [2.75, 3.05) is 5.32 Å². The van der Waals surface area contributed by atoms with Crippen LogP contribution in [0.2, 0.25) is 0 Å². The van der Waals surface area contributed by atoms with Crippen molar-refractivity contribution < 1.29 is 26.7 Å². The topological polar surface area (TPSA) is 74.9 Å². The molecule has 2 aromatic rings. The Morgan fingerprint density at radius 3 is 2.58 bits per heavy atom. The molecule has 1 N–H and O–H groups in total. The summed E-state index contributed by atoms with van der Waals surface area (Å²) in [6.07, 6.45) is -2.16. The molecule has 0 fully saturated rings. The third-order valence-electron chi connectivity index (χ3n) is 2.97. The summed E-state index contributed by atoms with van der Waals surface area (Å²) < 4.78 is 65.1. The second-order valence-corrected chi connectivity index (χ2v) is 6.37. The maximum Gasteiger partial charge on any atom is 0.358 e. The average molecular weight is 412 g/mol. The molecule has 0 radical (unpaired) electrons. The van der Waals surface area contributed by atoms with Gasteiger partial charge in [-0.25, -0.2) is 13.2 Å². The van der Waals surface area contributed by atoms with Crippen LogP contribution in [0, 0.1) is 17.1 Å². The summed E-state index contributed by atoms with van der Waals surface area (Å²) in [5.41, 5.74) is -2.18. The van der Waals surface area contributed by atoms with Crippen LogP contribution in [0.1, 0.15) is 20.1 Å². The lowest BCUT2D eigenvalue weighted by Gasteiger charge is -2.09. The molecule has 0 unspecified atom stereocenters. The number of alkyl halides is 5. The number of carbonyl (C=O) groups excluding carboxylic acids is 1. The maximum atomic E-state index is 13.5. The van der Waals surface area contributed by atoms with Crippen molar-refractivity contribution in [1.82, 2.24) is 4.57 Å². The molecule has 2 rings (SSSR count). The number of hydrogen-bond donors (Lipinski definition) is 1. The number of thiophene rings is 1. The Hall–Kier alpha value is -2.45. The Morgan fingerprint density at radius 2 is 2.08 bits per heavy atom. The molecule has 1 amide bonds. The monoisotopic (exact) mass is 411 g/mol. The Labute approximate surface area is 151 Å². The maximum absolute atomic E-state index is 13.5. The van der Waals surface area contributed by atoms with Crippen LogP contribution in [0.25, 0.3) is 0 Å². The Kier molecular flexibility index (Phi) is 5.68. The van der Waals surface area contributed by atoms with Crippen molar-refractivity contribution in [3.8, 4) is 6.07 Å². The van der Waals surface area contributed by atoms with Gasteiger partial charge >= 0.3 is 5.38 Å². The number of nitriles is 1. The first-order chi connectivity index (χ1) is 12.0. The van der Waals surface area contributed by atoms with E-state index >= 15 is 0 Å². The Bertz CT molecular complexity index is 946. The zero-order valence-corrected chi connectivity index (χ0v) is 14.0. The lowest BCUT2D eigenvalue weighted by atomic mass is 10.2. The fraction of sp³-hybridized carbons (Fsp3) is 0.214. The van der Waals surface area contributed by atoms with Gasteiger partial charge in [-0.3, -0.25) is 9.59 Å². The van der Waals surface area contributed by atoms with Gasteiger partial charge in [0.05, 0.1) is 22.7 Å². The molecule has 0 aliphatic carbocycles. The fourth-order valence-corrected chi connectivity index (χ4v) is 3.03. The molecule has 0 spiro atoms. The standard InChI is InChI=1S/C14H7ClF5N3O2S/c15-14(19,20)11-6(3-21)1-9(26-11)12(24)22-7-2-8(16)13(25)23(4-7)5-10(17)18/h1-2,4,10H,5H2,(H,22,24). The van der Waals surface area contributed by atoms with Gasteiger partial charge in [0.1, 0.15) is 10.9 Å². The van der Waals surface area contributed by atoms with Crippen molar-refractivity contribution in [2.24, 2.45) is 0 Å². The molecule has 0 aromatic carbocycles. The van der Waals surface area contributed by atoms with Gasteiger partial charge in [0.2, 0.25) is 0 Å². The van der Waals surface area contributed by atoms with E-state index in [0.717, 1.165) is 12.3 Å². The van der Waals surface area contributed by atoms with Gasteiger partial charge in [0, 0.05) is 12.3 Å². The van der Waals surface area contributed by atoms with E-state index < -0.39 is 46.1 Å². The van der Waals surface area contributed by atoms with Crippen LogP contribution in [0.3, 0.4) is 0 Å². The number of carbonyl (C=O) groups is 1. The van der Waals surface area contributed by atoms with Gasteiger partial charge in [-0.05, 0) is 17.7 Å². The highest BCUT2D eigenvalue weighted by molar-refractivity contribution is 7.14. The predicted molar refractivity (Wildman–Crippen MR) is 83.4 cm³/mol. The van der Waals surface area contributed by atoms with Crippen molar-refractivity contribution in [3.05, 3.63) is 49.8 Å². The minimum absolute atomic E-state index is 0.242. The minimum Gasteiger partial charge on any atom is -0.320 e. The average Bonchev–Trinajstić information content (AvgIpc) is 2.96. The summed E-state index contributed by atoms with van der Waals surface area (Å²) in [4.78, 5) is 22.3. The first-order valence-corrected chi connectivity index (χ1v) is 7.83. The summed E-state index contributed by atoms with van der Waals surface area (Å²) in [5, 5.41) is 7.04. The predicted octanol–water partition coefficient (Wildman–Crippen LogP) is 3.73. The fourth-order valence-electron chi connectivity index (χ4n) is 1.94. The Balaban J connectivity index is 2.34. The molecule has 2 aromatic heterocycles. The van der Waals surface area contributed by atoms with Crippen molar-refractivity contribution >= 4 is 34.5 Å². The molecule has 2 heterocycles. The molecule has 26 heavy (non-hydrogen) atoms. The summed E-state index contributed by atoms with van der Waals surface area (Å²) in [6.45, 7) is -1.10. The Morgan fingerprint density at radius 1 is 1.42 bits per heavy atom. The molecule has 5 nitrogen and oxygen atoms in total. The van der Waals surface area contributed by atoms with E-state index in [1.165, 1.54) is 6.07 Å². The molecule has 0 bridgehead atoms. The summed E-state index contributed by atoms with van der Waals surface area (Å²) >= 11 is 5.11. The molecule has 0 aliphatic heterocycles. The number of nitrogens with zero attached hydrogens (tertiary/aromatic N) is 2. The third kappa shape index (κ3) is 4.39. The molecule has 138 valence electrons. The molecule has 0 saturated carbocycles. The largest absolute Gasteiger partial charge is 0.358 e. The second kappa shape index (κ2) is 7.43. The van der Waals surface area contributed by atoms with E-state index in [1.807, 2.05) is 0 Å². The van der Waals surface area contributed by atoms with Crippen LogP contribution in [-0.2, 0) is 11.9 Å². The van der Waals surface area contributed by atoms with Crippen molar-refractivity contribution in [2.45, 2.75) is 18.4 Å². The molecule has 0 atom stereocenters. The second-order valence-electron chi connectivity index (χ2n) is 4.84. The number of pyridine rings is 1. The van der Waals surface area contributed by atoms with E-state index in [1.54, 1.807) is 0 Å². The number of nitrogens with one attached hydrogen (secondary N) is 1. The quantitative estimate of drug-likeness (QED) is 0.602. The van der Waals surface area contributed by atoms with Crippen LogP contribution in [0.15, 0.2) is 23.1 Å². The van der Waals surface area contributed by atoms with Crippen molar-refractivity contribution in [1.29, 1.82) is 5.26 Å². The van der Waals surface area contributed by atoms with E-state index in [4.69, 9.17) is 16.9 Å². The highest BCUT2D eigenvalue weighted by Gasteiger charge is 2.34. The lowest BCUT2D eigenvalue weighted by molar-refractivity contribution is 0.0991. The number of anilines is 1. The van der Waals surface area contributed by atoms with Crippen LogP contribution in [-0.4, -0.2) is 16.9 Å². The molecule has 0 aliphatic rings. The highest BCUT2D eigenvalue weighted by Crippen LogP contribution is 2.40. The molecule has 0 saturated heterocycles. The molecular weight excluding hydrogens is 405 g/mol. The first-order valence-electron chi connectivity index (χ1n) is 6.63. The third-order valence-corrected chi connectivity index (χ3v) is 4.47. The van der Waals surface area contributed by atoms with E-state index in [0.29, 0.717) is 10.6 Å². The number of hydrogen-bond acceptors (Lipinski definition) is 4. The van der Waals surface area contributed by atoms with Gasteiger partial charge in [-0.2, -0.15) is 14.0 Å².